The molecule has 0 bridgehead atoms. The predicted octanol–water partition coefficient (Wildman–Crippen LogP) is 3.73. The topological polar surface area (TPSA) is 35.8 Å². The summed E-state index contributed by atoms with van der Waals surface area (Å²) < 4.78 is 0. The molecule has 1 saturated carbocycles. The Morgan fingerprint density at radius 2 is 1.53 bits per heavy atom. The highest BCUT2D eigenvalue weighted by Gasteiger charge is 2.10. The van der Waals surface area contributed by atoms with Gasteiger partial charge in [0.2, 0.25) is 0 Å². The zero-order valence-electron chi connectivity index (χ0n) is 11.1. The third-order valence-corrected chi connectivity index (χ3v) is 2.37. The Hall–Kier alpha value is -0.550. The van der Waals surface area contributed by atoms with Crippen LogP contribution in [0.25, 0.3) is 0 Å². The number of rotatable bonds is 1. The number of nitriles is 1. The Balaban J connectivity index is 0. The van der Waals surface area contributed by atoms with Crippen LogP contribution in [-0.4, -0.2) is 13.1 Å². The maximum absolute atomic E-state index is 8.44. The highest BCUT2D eigenvalue weighted by atomic mass is 14.8. The Kier molecular flexibility index (Phi) is 15.1. The van der Waals surface area contributed by atoms with E-state index in [1.54, 1.807) is 0 Å². The van der Waals surface area contributed by atoms with Gasteiger partial charge in [0.25, 0.3) is 0 Å². The zero-order valence-corrected chi connectivity index (χ0v) is 11.1. The van der Waals surface area contributed by atoms with Crippen molar-refractivity contribution in [1.82, 2.24) is 5.32 Å². The third kappa shape index (κ3) is 13.4. The SMILES string of the molecule is CC.CNC(C)C.N#CC1CCCCC1. The first kappa shape index (κ1) is 16.9. The summed E-state index contributed by atoms with van der Waals surface area (Å²) in [5, 5.41) is 11.5. The van der Waals surface area contributed by atoms with E-state index >= 15 is 0 Å². The van der Waals surface area contributed by atoms with Gasteiger partial charge in [-0.3, -0.25) is 0 Å². The molecule has 0 aromatic carbocycles. The zero-order chi connectivity index (χ0) is 12.1. The van der Waals surface area contributed by atoms with Crippen LogP contribution in [0.2, 0.25) is 0 Å². The number of nitrogens with zero attached hydrogens (tertiary/aromatic N) is 1. The summed E-state index contributed by atoms with van der Waals surface area (Å²) >= 11 is 0. The van der Waals surface area contributed by atoms with E-state index in [1.807, 2.05) is 20.9 Å². The van der Waals surface area contributed by atoms with Crippen LogP contribution >= 0.6 is 0 Å². The molecule has 0 radical (unpaired) electrons. The van der Waals surface area contributed by atoms with E-state index < -0.39 is 0 Å². The summed E-state index contributed by atoms with van der Waals surface area (Å²) in [7, 11) is 1.95. The molecule has 2 nitrogen and oxygen atoms in total. The molecule has 1 aliphatic rings. The van der Waals surface area contributed by atoms with Gasteiger partial charge in [-0.25, -0.2) is 0 Å². The smallest absolute Gasteiger partial charge is 0.0655 e. The second-order valence-corrected chi connectivity index (χ2v) is 3.91. The average molecular weight is 212 g/mol. The molecule has 0 unspecified atom stereocenters. The van der Waals surface area contributed by atoms with E-state index in [0.717, 1.165) is 12.8 Å². The van der Waals surface area contributed by atoms with Gasteiger partial charge in [-0.05, 0) is 19.9 Å². The minimum absolute atomic E-state index is 0.392. The summed E-state index contributed by atoms with van der Waals surface area (Å²) in [4.78, 5) is 0. The van der Waals surface area contributed by atoms with Crippen molar-refractivity contribution in [3.05, 3.63) is 0 Å². The van der Waals surface area contributed by atoms with Gasteiger partial charge in [0.05, 0.1) is 6.07 Å². The van der Waals surface area contributed by atoms with E-state index in [1.165, 1.54) is 19.3 Å². The fourth-order valence-corrected chi connectivity index (χ4v) is 1.23. The molecule has 1 N–H and O–H groups in total. The van der Waals surface area contributed by atoms with Gasteiger partial charge < -0.3 is 5.32 Å². The molecule has 1 rings (SSSR count). The summed E-state index contributed by atoms with van der Waals surface area (Å²) in [6.45, 7) is 8.22. The molecule has 0 saturated heterocycles. The predicted molar refractivity (Wildman–Crippen MR) is 67.7 cm³/mol. The van der Waals surface area contributed by atoms with Crippen molar-refractivity contribution in [1.29, 1.82) is 5.26 Å². The lowest BCUT2D eigenvalue weighted by molar-refractivity contribution is 0.427. The molecular formula is C13H28N2. The molecule has 0 aromatic rings. The summed E-state index contributed by atoms with van der Waals surface area (Å²) in [6.07, 6.45) is 6.20. The van der Waals surface area contributed by atoms with Crippen LogP contribution in [0, 0.1) is 17.2 Å². The molecule has 15 heavy (non-hydrogen) atoms. The van der Waals surface area contributed by atoms with Crippen molar-refractivity contribution in [3.63, 3.8) is 0 Å². The molecule has 0 heterocycles. The maximum atomic E-state index is 8.44. The molecule has 1 fully saturated rings. The van der Waals surface area contributed by atoms with Gasteiger partial charge in [0.1, 0.15) is 0 Å². The molecule has 0 aliphatic heterocycles. The van der Waals surface area contributed by atoms with Crippen molar-refractivity contribution in [2.24, 2.45) is 5.92 Å². The van der Waals surface area contributed by atoms with Crippen molar-refractivity contribution >= 4 is 0 Å². The molecule has 2 heteroatoms. The molecule has 0 amide bonds. The van der Waals surface area contributed by atoms with Gasteiger partial charge in [0.15, 0.2) is 0 Å². The van der Waals surface area contributed by atoms with Crippen molar-refractivity contribution in [2.75, 3.05) is 7.05 Å². The first-order chi connectivity index (χ1) is 7.20. The maximum Gasteiger partial charge on any atom is 0.0655 e. The fourth-order valence-electron chi connectivity index (χ4n) is 1.23. The van der Waals surface area contributed by atoms with E-state index in [2.05, 4.69) is 25.2 Å². The van der Waals surface area contributed by atoms with Crippen molar-refractivity contribution < 1.29 is 0 Å². The Bertz CT molecular complexity index is 141. The quantitative estimate of drug-likeness (QED) is 0.719. The van der Waals surface area contributed by atoms with Gasteiger partial charge in [-0.1, -0.05) is 47.0 Å². The molecule has 1 aliphatic carbocycles. The normalized spacial score (nSPS) is 15.5. The highest BCUT2D eigenvalue weighted by molar-refractivity contribution is 4.84. The molecule has 0 aromatic heterocycles. The van der Waals surface area contributed by atoms with Crippen LogP contribution in [0.3, 0.4) is 0 Å². The van der Waals surface area contributed by atoms with E-state index in [-0.39, 0.29) is 0 Å². The van der Waals surface area contributed by atoms with Crippen LogP contribution in [0.15, 0.2) is 0 Å². The van der Waals surface area contributed by atoms with E-state index in [9.17, 15) is 0 Å². The second kappa shape index (κ2) is 13.4. The number of nitrogens with one attached hydrogen (secondary N) is 1. The van der Waals surface area contributed by atoms with Gasteiger partial charge in [-0.2, -0.15) is 5.26 Å². The summed E-state index contributed by atoms with van der Waals surface area (Å²) in [5.74, 6) is 0.392. The minimum Gasteiger partial charge on any atom is -0.318 e. The van der Waals surface area contributed by atoms with Crippen molar-refractivity contribution in [2.45, 2.75) is 65.8 Å². The summed E-state index contributed by atoms with van der Waals surface area (Å²) in [6, 6.07) is 2.94. The minimum atomic E-state index is 0.392. The van der Waals surface area contributed by atoms with Gasteiger partial charge >= 0.3 is 0 Å². The highest BCUT2D eigenvalue weighted by Crippen LogP contribution is 2.22. The monoisotopic (exact) mass is 212 g/mol. The first-order valence-electron chi connectivity index (χ1n) is 6.27. The lowest BCUT2D eigenvalue weighted by atomic mass is 9.91. The third-order valence-electron chi connectivity index (χ3n) is 2.37. The number of hydrogen-bond donors (Lipinski definition) is 1. The molecule has 0 spiro atoms. The number of hydrogen-bond acceptors (Lipinski definition) is 2. The first-order valence-corrected chi connectivity index (χ1v) is 6.27. The lowest BCUT2D eigenvalue weighted by Crippen LogP contribution is -2.15. The molecular weight excluding hydrogens is 184 g/mol. The van der Waals surface area contributed by atoms with Crippen LogP contribution in [0.1, 0.15) is 59.8 Å². The Morgan fingerprint density at radius 1 is 1.13 bits per heavy atom. The van der Waals surface area contributed by atoms with Crippen LogP contribution in [0.4, 0.5) is 0 Å². The van der Waals surface area contributed by atoms with Crippen molar-refractivity contribution in [3.8, 4) is 6.07 Å². The van der Waals surface area contributed by atoms with E-state index in [0.29, 0.717) is 12.0 Å². The summed E-state index contributed by atoms with van der Waals surface area (Å²) in [5.41, 5.74) is 0. The van der Waals surface area contributed by atoms with Gasteiger partial charge in [-0.15, -0.1) is 0 Å². The Labute approximate surface area is 96.1 Å². The largest absolute Gasteiger partial charge is 0.318 e. The second-order valence-electron chi connectivity index (χ2n) is 3.91. The van der Waals surface area contributed by atoms with Crippen LogP contribution in [-0.2, 0) is 0 Å². The molecule has 0 atom stereocenters. The van der Waals surface area contributed by atoms with Gasteiger partial charge in [0, 0.05) is 12.0 Å². The Morgan fingerprint density at radius 3 is 1.73 bits per heavy atom. The lowest BCUT2D eigenvalue weighted by Gasteiger charge is -2.13. The van der Waals surface area contributed by atoms with E-state index in [4.69, 9.17) is 5.26 Å². The standard InChI is InChI=1S/C7H11N.C4H11N.C2H6/c8-6-7-4-2-1-3-5-7;1-4(2)5-3;1-2/h7H,1-5H2;4-5H,1-3H3;1-2H3. The van der Waals surface area contributed by atoms with Crippen LogP contribution in [0.5, 0.6) is 0 Å². The molecule has 90 valence electrons. The van der Waals surface area contributed by atoms with Crippen LogP contribution < -0.4 is 5.32 Å². The average Bonchev–Trinajstić information content (AvgIpc) is 2.33. The fraction of sp³-hybridized carbons (Fsp3) is 0.923.